The van der Waals surface area contributed by atoms with E-state index in [0.29, 0.717) is 0 Å². The van der Waals surface area contributed by atoms with Crippen LogP contribution in [0.2, 0.25) is 0 Å². The zero-order chi connectivity index (χ0) is 41.5. The molecule has 0 N–H and O–H groups in total. The fourth-order valence-electron chi connectivity index (χ4n) is 11.4. The van der Waals surface area contributed by atoms with E-state index < -0.39 is 0 Å². The van der Waals surface area contributed by atoms with Crippen molar-refractivity contribution in [3.63, 3.8) is 0 Å². The molecule has 0 saturated heterocycles. The summed E-state index contributed by atoms with van der Waals surface area (Å²) < 4.78 is 9.68. The molecule has 0 saturated carbocycles. The molecular formula is C55H47BN2OS2. The second kappa shape index (κ2) is 12.0. The van der Waals surface area contributed by atoms with E-state index >= 15 is 0 Å². The maximum atomic E-state index is 6.96. The van der Waals surface area contributed by atoms with Gasteiger partial charge in [0.2, 0.25) is 0 Å². The minimum absolute atomic E-state index is 0.0249. The van der Waals surface area contributed by atoms with Crippen LogP contribution in [0.4, 0.5) is 17.1 Å². The number of para-hydroxylation sites is 2. The first-order valence-corrected chi connectivity index (χ1v) is 23.5. The Morgan fingerprint density at radius 1 is 0.623 bits per heavy atom. The summed E-state index contributed by atoms with van der Waals surface area (Å²) in [5.74, 6) is 0. The number of hydrogen-bond donors (Lipinski definition) is 0. The Morgan fingerprint density at radius 3 is 2.07 bits per heavy atom. The number of hydrogen-bond acceptors (Lipinski definition) is 4. The molecule has 7 aromatic carbocycles. The molecule has 61 heavy (non-hydrogen) atoms. The van der Waals surface area contributed by atoms with Crippen LogP contribution in [0, 0.1) is 6.92 Å². The van der Waals surface area contributed by atoms with E-state index in [1.165, 1.54) is 126 Å². The summed E-state index contributed by atoms with van der Waals surface area (Å²) >= 11 is 3.83. The molecular weight excluding hydrogens is 780 g/mol. The first-order valence-electron chi connectivity index (χ1n) is 21.9. The van der Waals surface area contributed by atoms with Gasteiger partial charge in [-0.1, -0.05) is 133 Å². The van der Waals surface area contributed by atoms with Gasteiger partial charge in [-0.3, -0.25) is 0 Å². The Labute approximate surface area is 366 Å². The average Bonchev–Trinajstić information content (AvgIpc) is 3.78. The summed E-state index contributed by atoms with van der Waals surface area (Å²) in [6.07, 6.45) is 2.36. The van der Waals surface area contributed by atoms with Crippen molar-refractivity contribution in [2.45, 2.75) is 104 Å². The minimum atomic E-state index is -0.0638. The van der Waals surface area contributed by atoms with Crippen molar-refractivity contribution in [3.8, 4) is 11.1 Å². The van der Waals surface area contributed by atoms with Crippen molar-refractivity contribution in [2.24, 2.45) is 0 Å². The second-order valence-corrected chi connectivity index (χ2v) is 22.6. The number of aryl methyl sites for hydroxylation is 1. The highest BCUT2D eigenvalue weighted by Gasteiger charge is 2.46. The lowest BCUT2D eigenvalue weighted by Gasteiger charge is -2.45. The van der Waals surface area contributed by atoms with Crippen molar-refractivity contribution in [2.75, 3.05) is 4.90 Å². The maximum absolute atomic E-state index is 6.96. The summed E-state index contributed by atoms with van der Waals surface area (Å²) in [6.45, 7) is 19.0. The highest BCUT2D eigenvalue weighted by atomic mass is 32.2. The molecule has 3 aliphatic heterocycles. The van der Waals surface area contributed by atoms with Crippen LogP contribution < -0.4 is 15.8 Å². The molecule has 9 aromatic rings. The lowest BCUT2D eigenvalue weighted by Crippen LogP contribution is -2.57. The predicted octanol–water partition coefficient (Wildman–Crippen LogP) is 14.7. The standard InChI is InChI=1S/C55H47BN2OS2/c1-30-24-36-37(55(7,8)23-22-54(36,5)6)26-40(30)57-41-29-48-47(60-45-18-11-12-19-46(45)61-48)27-38(41)56-51-42(57)28-44-49(33-14-9-10-17-43(33)59-44)50(51)34-16-13-15-32-35-25-31(53(2,3)4)20-21-39(35)58(56)52(32)34/h9-21,24-29H,22-23H2,1-8H3. The molecule has 4 aliphatic rings. The van der Waals surface area contributed by atoms with Crippen molar-refractivity contribution in [1.29, 1.82) is 0 Å². The highest BCUT2D eigenvalue weighted by Crippen LogP contribution is 2.55. The van der Waals surface area contributed by atoms with E-state index in [2.05, 4.69) is 180 Å². The molecule has 0 unspecified atom stereocenters. The molecule has 5 heterocycles. The molecule has 1 aliphatic carbocycles. The predicted molar refractivity (Wildman–Crippen MR) is 261 cm³/mol. The number of aromatic nitrogens is 1. The van der Waals surface area contributed by atoms with E-state index in [4.69, 9.17) is 4.42 Å². The minimum Gasteiger partial charge on any atom is -0.456 e. The Balaban J connectivity index is 1.21. The number of rotatable bonds is 1. The van der Waals surface area contributed by atoms with Crippen molar-refractivity contribution in [1.82, 2.24) is 4.48 Å². The van der Waals surface area contributed by atoms with Crippen LogP contribution in [0.1, 0.15) is 83.6 Å². The quantitative estimate of drug-likeness (QED) is 0.154. The van der Waals surface area contributed by atoms with Gasteiger partial charge in [0.15, 0.2) is 0 Å². The van der Waals surface area contributed by atoms with Gasteiger partial charge in [-0.25, -0.2) is 0 Å². The van der Waals surface area contributed by atoms with Gasteiger partial charge in [0, 0.05) is 80.9 Å². The summed E-state index contributed by atoms with van der Waals surface area (Å²) in [5.41, 5.74) is 19.3. The molecule has 2 aromatic heterocycles. The normalized spacial score (nSPS) is 16.8. The SMILES string of the molecule is Cc1cc2c(cc1N1c3cc4c(cc3B3c5c1cc1oc6ccccc6c1c5-c1cccc5c6cc(C(C)(C)C)ccc6n3c15)Sc1ccccc1S4)C(C)(C)CCC2(C)C. The smallest absolute Gasteiger partial charge is 0.333 e. The molecule has 0 radical (unpaired) electrons. The molecule has 0 spiro atoms. The summed E-state index contributed by atoms with van der Waals surface area (Å²) in [7, 11) is 0. The highest BCUT2D eigenvalue weighted by molar-refractivity contribution is 8.05. The van der Waals surface area contributed by atoms with Crippen LogP contribution in [0.25, 0.3) is 54.9 Å². The molecule has 0 atom stereocenters. The van der Waals surface area contributed by atoms with E-state index in [9.17, 15) is 0 Å². The van der Waals surface area contributed by atoms with Gasteiger partial charge in [0.05, 0.1) is 0 Å². The van der Waals surface area contributed by atoms with Crippen LogP contribution in [0.3, 0.4) is 0 Å². The second-order valence-electron chi connectivity index (χ2n) is 20.4. The Kier molecular flexibility index (Phi) is 7.15. The molecule has 6 heteroatoms. The van der Waals surface area contributed by atoms with Crippen LogP contribution >= 0.6 is 23.5 Å². The Hall–Kier alpha value is -5.30. The van der Waals surface area contributed by atoms with Gasteiger partial charge in [-0.15, -0.1) is 0 Å². The first kappa shape index (κ1) is 36.4. The fraction of sp³-hybridized carbons (Fsp3) is 0.236. The lowest BCUT2D eigenvalue weighted by atomic mass is 9.45. The Morgan fingerprint density at radius 2 is 1.31 bits per heavy atom. The monoisotopic (exact) mass is 826 g/mol. The van der Waals surface area contributed by atoms with E-state index in [-0.39, 0.29) is 23.1 Å². The van der Waals surface area contributed by atoms with Crippen LogP contribution in [-0.4, -0.2) is 11.3 Å². The summed E-state index contributed by atoms with van der Waals surface area (Å²) in [5, 5.41) is 5.02. The zero-order valence-corrected chi connectivity index (χ0v) is 37.7. The van der Waals surface area contributed by atoms with Crippen LogP contribution in [0.5, 0.6) is 0 Å². The van der Waals surface area contributed by atoms with Gasteiger partial charge in [0.1, 0.15) is 11.2 Å². The third kappa shape index (κ3) is 4.87. The molecule has 3 nitrogen and oxygen atoms in total. The molecule has 13 rings (SSSR count). The number of fused-ring (bicyclic) bond motifs is 14. The van der Waals surface area contributed by atoms with E-state index in [0.717, 1.165) is 11.2 Å². The third-order valence-corrected chi connectivity index (χ3v) is 17.3. The van der Waals surface area contributed by atoms with Crippen molar-refractivity contribution >= 4 is 102 Å². The molecule has 0 bridgehead atoms. The first-order chi connectivity index (χ1) is 29.3. The number of furan rings is 1. The van der Waals surface area contributed by atoms with E-state index in [1.807, 2.05) is 23.5 Å². The summed E-state index contributed by atoms with van der Waals surface area (Å²) in [6, 6.07) is 44.4. The molecule has 0 fully saturated rings. The van der Waals surface area contributed by atoms with Gasteiger partial charge in [-0.05, 0) is 123 Å². The van der Waals surface area contributed by atoms with Crippen molar-refractivity contribution < 1.29 is 4.42 Å². The number of nitrogens with zero attached hydrogens (tertiary/aromatic N) is 2. The average molecular weight is 827 g/mol. The summed E-state index contributed by atoms with van der Waals surface area (Å²) in [4.78, 5) is 7.93. The lowest BCUT2D eigenvalue weighted by molar-refractivity contribution is 0.332. The van der Waals surface area contributed by atoms with E-state index in [1.54, 1.807) is 0 Å². The van der Waals surface area contributed by atoms with Crippen LogP contribution in [-0.2, 0) is 16.2 Å². The number of anilines is 3. The fourth-order valence-corrected chi connectivity index (χ4v) is 13.7. The molecule has 0 amide bonds. The largest absolute Gasteiger partial charge is 0.456 e. The van der Waals surface area contributed by atoms with Gasteiger partial charge in [0.25, 0.3) is 0 Å². The molecule has 298 valence electrons. The topological polar surface area (TPSA) is 21.3 Å². The maximum Gasteiger partial charge on any atom is 0.333 e. The zero-order valence-electron chi connectivity index (χ0n) is 36.1. The van der Waals surface area contributed by atoms with Crippen LogP contribution in [0.15, 0.2) is 139 Å². The van der Waals surface area contributed by atoms with Gasteiger partial charge >= 0.3 is 6.85 Å². The third-order valence-electron chi connectivity index (χ3n) is 14.7. The Bertz CT molecular complexity index is 3450. The van der Waals surface area contributed by atoms with Crippen molar-refractivity contribution in [3.05, 3.63) is 138 Å². The van der Waals surface area contributed by atoms with Gasteiger partial charge < -0.3 is 13.8 Å². The van der Waals surface area contributed by atoms with Gasteiger partial charge in [-0.2, -0.15) is 0 Å². The number of benzene rings is 7.